The van der Waals surface area contributed by atoms with Crippen LogP contribution in [-0.2, 0) is 32.1 Å². The van der Waals surface area contributed by atoms with Gasteiger partial charge in [-0.05, 0) is 81.3 Å². The zero-order chi connectivity index (χ0) is 25.6. The molecule has 35 heavy (non-hydrogen) atoms. The molecule has 3 N–H and O–H groups in total. The molecule has 0 aliphatic heterocycles. The number of likely N-dealkylation sites (N-methyl/N-ethyl adjacent to an activating group) is 1. The molecule has 0 fully saturated rings. The molecule has 1 aliphatic carbocycles. The van der Waals surface area contributed by atoms with Crippen molar-refractivity contribution < 1.29 is 29.0 Å². The van der Waals surface area contributed by atoms with Crippen molar-refractivity contribution >= 4 is 18.0 Å². The molecule has 2 unspecified atom stereocenters. The van der Waals surface area contributed by atoms with Crippen molar-refractivity contribution in [2.75, 3.05) is 7.05 Å². The molecule has 8 heteroatoms. The Hall–Kier alpha value is -3.39. The molecule has 0 saturated carbocycles. The molecule has 188 valence electrons. The average Bonchev–Trinajstić information content (AvgIpc) is 3.17. The molecule has 1 aliphatic rings. The number of carboxylic acid groups (broad SMARTS) is 1. The predicted molar refractivity (Wildman–Crippen MR) is 132 cm³/mol. The van der Waals surface area contributed by atoms with Crippen molar-refractivity contribution in [1.82, 2.24) is 10.6 Å². The second-order valence-electron chi connectivity index (χ2n) is 9.69. The first-order chi connectivity index (χ1) is 16.6. The summed E-state index contributed by atoms with van der Waals surface area (Å²) in [4.78, 5) is 36.3. The van der Waals surface area contributed by atoms with Gasteiger partial charge in [-0.2, -0.15) is 0 Å². The van der Waals surface area contributed by atoms with Gasteiger partial charge in [0.25, 0.3) is 0 Å². The Morgan fingerprint density at radius 1 is 1.00 bits per heavy atom. The van der Waals surface area contributed by atoms with E-state index >= 15 is 0 Å². The first-order valence-corrected chi connectivity index (χ1v) is 11.8. The van der Waals surface area contributed by atoms with Gasteiger partial charge >= 0.3 is 18.0 Å². The minimum absolute atomic E-state index is 0.0514. The lowest BCUT2D eigenvalue weighted by atomic mass is 10.0. The largest absolute Gasteiger partial charge is 0.480 e. The quantitative estimate of drug-likeness (QED) is 0.374. The topological polar surface area (TPSA) is 114 Å². The van der Waals surface area contributed by atoms with Crippen LogP contribution in [0.1, 0.15) is 56.7 Å². The molecule has 0 saturated heterocycles. The standard InChI is InChI=1S/C27H34N2O6/c1-27(2,3)35-25(32)23(28-4)14-8-13-22(24(30)31)29-26(33)34-16-18-10-7-12-20-19-11-6-5-9-17(19)15-21(18)20/h5-7,9-12,22-23,28H,8,13-16H2,1-4H3,(H,29,33)(H,30,31). The minimum atomic E-state index is -1.16. The summed E-state index contributed by atoms with van der Waals surface area (Å²) < 4.78 is 10.8. The van der Waals surface area contributed by atoms with Crippen molar-refractivity contribution in [3.63, 3.8) is 0 Å². The fourth-order valence-corrected chi connectivity index (χ4v) is 4.22. The number of amides is 1. The van der Waals surface area contributed by atoms with Gasteiger partial charge in [-0.25, -0.2) is 9.59 Å². The normalized spacial score (nSPS) is 13.8. The van der Waals surface area contributed by atoms with Crippen molar-refractivity contribution in [2.24, 2.45) is 0 Å². The van der Waals surface area contributed by atoms with Gasteiger partial charge < -0.3 is 25.2 Å². The highest BCUT2D eigenvalue weighted by Gasteiger charge is 2.26. The van der Waals surface area contributed by atoms with Gasteiger partial charge in [0, 0.05) is 0 Å². The van der Waals surface area contributed by atoms with Crippen molar-refractivity contribution in [3.05, 3.63) is 59.2 Å². The monoisotopic (exact) mass is 482 g/mol. The number of rotatable bonds is 10. The third-order valence-electron chi connectivity index (χ3n) is 5.92. The predicted octanol–water partition coefficient (Wildman–Crippen LogP) is 4.04. The van der Waals surface area contributed by atoms with Crippen LogP contribution in [0.5, 0.6) is 0 Å². The molecule has 0 heterocycles. The number of carbonyl (C=O) groups excluding carboxylic acids is 2. The second kappa shape index (κ2) is 11.4. The lowest BCUT2D eigenvalue weighted by Gasteiger charge is -2.24. The molecule has 2 aromatic carbocycles. The molecular weight excluding hydrogens is 448 g/mol. The van der Waals surface area contributed by atoms with Crippen LogP contribution in [0.25, 0.3) is 11.1 Å². The summed E-state index contributed by atoms with van der Waals surface area (Å²) >= 11 is 0. The number of benzene rings is 2. The van der Waals surface area contributed by atoms with E-state index in [2.05, 4.69) is 28.8 Å². The van der Waals surface area contributed by atoms with Crippen molar-refractivity contribution in [3.8, 4) is 11.1 Å². The number of carbonyl (C=O) groups is 3. The molecule has 0 spiro atoms. The highest BCUT2D eigenvalue weighted by atomic mass is 16.6. The number of carboxylic acids is 1. The van der Waals surface area contributed by atoms with Crippen LogP contribution in [-0.4, -0.2) is 47.9 Å². The lowest BCUT2D eigenvalue weighted by molar-refractivity contribution is -0.157. The molecule has 2 atom stereocenters. The van der Waals surface area contributed by atoms with Gasteiger partial charge in [0.15, 0.2) is 0 Å². The maximum absolute atomic E-state index is 12.4. The average molecular weight is 483 g/mol. The van der Waals surface area contributed by atoms with E-state index in [1.807, 2.05) is 24.3 Å². The summed E-state index contributed by atoms with van der Waals surface area (Å²) in [5.74, 6) is -1.55. The summed E-state index contributed by atoms with van der Waals surface area (Å²) in [5.41, 5.74) is 4.96. The SMILES string of the molecule is CNC(CCCC(NC(=O)OCc1cccc2c1Cc1ccccc1-2)C(=O)O)C(=O)OC(C)(C)C. The summed E-state index contributed by atoms with van der Waals surface area (Å²) in [5, 5.41) is 14.9. The second-order valence-corrected chi connectivity index (χ2v) is 9.69. The van der Waals surface area contributed by atoms with Crippen LogP contribution in [0.4, 0.5) is 4.79 Å². The van der Waals surface area contributed by atoms with Gasteiger partial charge in [0.2, 0.25) is 0 Å². The summed E-state index contributed by atoms with van der Waals surface area (Å²) in [6, 6.07) is 12.4. The minimum Gasteiger partial charge on any atom is -0.480 e. The smallest absolute Gasteiger partial charge is 0.408 e. The molecular formula is C27H34N2O6. The first kappa shape index (κ1) is 26.2. The van der Waals surface area contributed by atoms with Gasteiger partial charge in [0.05, 0.1) is 0 Å². The van der Waals surface area contributed by atoms with Gasteiger partial charge in [-0.3, -0.25) is 4.79 Å². The fourth-order valence-electron chi connectivity index (χ4n) is 4.22. The van der Waals surface area contributed by atoms with Crippen LogP contribution in [0.15, 0.2) is 42.5 Å². The zero-order valence-corrected chi connectivity index (χ0v) is 20.7. The van der Waals surface area contributed by atoms with E-state index in [1.165, 1.54) is 11.1 Å². The number of hydrogen-bond donors (Lipinski definition) is 3. The van der Waals surface area contributed by atoms with E-state index in [0.717, 1.165) is 23.1 Å². The van der Waals surface area contributed by atoms with Crippen LogP contribution in [0.2, 0.25) is 0 Å². The van der Waals surface area contributed by atoms with E-state index < -0.39 is 35.7 Å². The Balaban J connectivity index is 1.51. The number of hydrogen-bond acceptors (Lipinski definition) is 6. The van der Waals surface area contributed by atoms with E-state index in [1.54, 1.807) is 27.8 Å². The molecule has 0 bridgehead atoms. The molecule has 0 radical (unpaired) electrons. The lowest BCUT2D eigenvalue weighted by Crippen LogP contribution is -2.42. The highest BCUT2D eigenvalue weighted by molar-refractivity contribution is 5.80. The Labute approximate surface area is 206 Å². The van der Waals surface area contributed by atoms with Gasteiger partial charge in [-0.1, -0.05) is 42.5 Å². The highest BCUT2D eigenvalue weighted by Crippen LogP contribution is 2.38. The number of aliphatic carboxylic acids is 1. The summed E-state index contributed by atoms with van der Waals surface area (Å²) in [6.07, 6.45) is 0.911. The van der Waals surface area contributed by atoms with E-state index in [0.29, 0.717) is 12.8 Å². The van der Waals surface area contributed by atoms with E-state index in [4.69, 9.17) is 9.47 Å². The third kappa shape index (κ3) is 7.05. The van der Waals surface area contributed by atoms with Crippen molar-refractivity contribution in [2.45, 2.75) is 70.7 Å². The summed E-state index contributed by atoms with van der Waals surface area (Å²) in [6.45, 7) is 5.41. The molecule has 2 aromatic rings. The van der Waals surface area contributed by atoms with Gasteiger partial charge in [-0.15, -0.1) is 0 Å². The fraction of sp³-hybridized carbons (Fsp3) is 0.444. The number of ether oxygens (including phenoxy) is 2. The molecule has 3 rings (SSSR count). The number of esters is 1. The number of alkyl carbamates (subject to hydrolysis) is 1. The Kier molecular flexibility index (Phi) is 8.51. The van der Waals surface area contributed by atoms with Gasteiger partial charge in [0.1, 0.15) is 24.3 Å². The van der Waals surface area contributed by atoms with E-state index in [9.17, 15) is 19.5 Å². The Bertz CT molecular complexity index is 1080. The third-order valence-corrected chi connectivity index (χ3v) is 5.92. The maximum atomic E-state index is 12.4. The molecule has 0 aromatic heterocycles. The van der Waals surface area contributed by atoms with E-state index in [-0.39, 0.29) is 13.0 Å². The number of nitrogens with one attached hydrogen (secondary N) is 2. The van der Waals surface area contributed by atoms with Crippen LogP contribution >= 0.6 is 0 Å². The first-order valence-electron chi connectivity index (χ1n) is 11.8. The Morgan fingerprint density at radius 3 is 2.37 bits per heavy atom. The zero-order valence-electron chi connectivity index (χ0n) is 20.7. The number of fused-ring (bicyclic) bond motifs is 3. The maximum Gasteiger partial charge on any atom is 0.408 e. The van der Waals surface area contributed by atoms with Crippen LogP contribution in [0, 0.1) is 0 Å². The molecule has 1 amide bonds. The van der Waals surface area contributed by atoms with Crippen LogP contribution < -0.4 is 10.6 Å². The van der Waals surface area contributed by atoms with Crippen molar-refractivity contribution in [1.29, 1.82) is 0 Å². The molecule has 8 nitrogen and oxygen atoms in total. The van der Waals surface area contributed by atoms with Crippen LogP contribution in [0.3, 0.4) is 0 Å². The Morgan fingerprint density at radius 2 is 1.69 bits per heavy atom. The summed E-state index contributed by atoms with van der Waals surface area (Å²) in [7, 11) is 1.65.